The van der Waals surface area contributed by atoms with Crippen LogP contribution in [0, 0.1) is 23.7 Å². The molecule has 0 aromatic carbocycles. The molecule has 2 saturated carbocycles. The van der Waals surface area contributed by atoms with Gasteiger partial charge in [-0.05, 0) is 43.4 Å². The van der Waals surface area contributed by atoms with Gasteiger partial charge in [-0.25, -0.2) is 0 Å². The highest BCUT2D eigenvalue weighted by Gasteiger charge is 2.47. The van der Waals surface area contributed by atoms with Crippen LogP contribution in [0.1, 0.15) is 32.6 Å². The first-order valence-electron chi connectivity index (χ1n) is 6.87. The summed E-state index contributed by atoms with van der Waals surface area (Å²) < 4.78 is 0. The second-order valence-corrected chi connectivity index (χ2v) is 5.85. The molecule has 3 rings (SSSR count). The van der Waals surface area contributed by atoms with Gasteiger partial charge in [0.2, 0.25) is 0 Å². The van der Waals surface area contributed by atoms with Crippen LogP contribution in [0.25, 0.3) is 0 Å². The third-order valence-corrected chi connectivity index (χ3v) is 5.16. The lowest BCUT2D eigenvalue weighted by molar-refractivity contribution is 0.188. The quantitative estimate of drug-likeness (QED) is 0.790. The molecule has 0 radical (unpaired) electrons. The number of aliphatic hydroxyl groups excluding tert-OH is 1. The minimum absolute atomic E-state index is 0.298. The van der Waals surface area contributed by atoms with Crippen LogP contribution in [0.5, 0.6) is 0 Å². The number of aliphatic hydroxyl groups is 1. The third-order valence-electron chi connectivity index (χ3n) is 5.16. The molecule has 2 bridgehead atoms. The Morgan fingerprint density at radius 1 is 1.38 bits per heavy atom. The second kappa shape index (κ2) is 4.06. The van der Waals surface area contributed by atoms with Crippen molar-refractivity contribution >= 4 is 0 Å². The van der Waals surface area contributed by atoms with E-state index in [0.717, 1.165) is 36.8 Å². The Morgan fingerprint density at radius 3 is 2.88 bits per heavy atom. The summed E-state index contributed by atoms with van der Waals surface area (Å²) in [5, 5.41) is 9.12. The van der Waals surface area contributed by atoms with Crippen LogP contribution in [0.3, 0.4) is 0 Å². The Balaban J connectivity index is 1.77. The Kier molecular flexibility index (Phi) is 2.70. The monoisotopic (exact) mass is 221 g/mol. The van der Waals surface area contributed by atoms with Gasteiger partial charge in [0.15, 0.2) is 0 Å². The van der Waals surface area contributed by atoms with E-state index in [2.05, 4.69) is 17.9 Å². The molecule has 0 saturated heterocycles. The van der Waals surface area contributed by atoms with E-state index in [1.165, 1.54) is 25.7 Å². The van der Waals surface area contributed by atoms with Crippen LogP contribution in [0.2, 0.25) is 0 Å². The maximum absolute atomic E-state index is 9.12. The summed E-state index contributed by atoms with van der Waals surface area (Å²) in [6.07, 6.45) is 8.02. The second-order valence-electron chi connectivity index (χ2n) is 5.85. The fourth-order valence-corrected chi connectivity index (χ4v) is 4.42. The molecule has 2 nitrogen and oxygen atoms in total. The molecular formula is C14H23NO. The van der Waals surface area contributed by atoms with Crippen LogP contribution < -0.4 is 0 Å². The van der Waals surface area contributed by atoms with Gasteiger partial charge in [0.25, 0.3) is 0 Å². The third kappa shape index (κ3) is 1.50. The van der Waals surface area contributed by atoms with Crippen LogP contribution in [-0.2, 0) is 0 Å². The van der Waals surface area contributed by atoms with E-state index in [1.54, 1.807) is 5.70 Å². The molecule has 16 heavy (non-hydrogen) atoms. The van der Waals surface area contributed by atoms with E-state index in [-0.39, 0.29) is 0 Å². The molecule has 3 aliphatic rings. The zero-order chi connectivity index (χ0) is 11.1. The SMILES string of the molecule is C[C@H]1[C@@H]2CC[C@@H](C2)[C@@H]1C1=CCCN1CCO. The highest BCUT2D eigenvalue weighted by Crippen LogP contribution is 2.55. The zero-order valence-corrected chi connectivity index (χ0v) is 10.2. The van der Waals surface area contributed by atoms with Gasteiger partial charge in [-0.15, -0.1) is 0 Å². The largest absolute Gasteiger partial charge is 0.395 e. The first kappa shape index (κ1) is 10.6. The molecule has 2 heteroatoms. The maximum Gasteiger partial charge on any atom is 0.0606 e. The summed E-state index contributed by atoms with van der Waals surface area (Å²) in [7, 11) is 0. The molecule has 0 aromatic heterocycles. The van der Waals surface area contributed by atoms with Gasteiger partial charge in [0.1, 0.15) is 0 Å². The Morgan fingerprint density at radius 2 is 2.19 bits per heavy atom. The molecule has 0 amide bonds. The topological polar surface area (TPSA) is 23.5 Å². The minimum Gasteiger partial charge on any atom is -0.395 e. The smallest absolute Gasteiger partial charge is 0.0606 e. The normalized spacial score (nSPS) is 41.9. The average molecular weight is 221 g/mol. The van der Waals surface area contributed by atoms with Crippen molar-refractivity contribution in [1.82, 2.24) is 4.90 Å². The average Bonchev–Trinajstić information content (AvgIpc) is 2.94. The van der Waals surface area contributed by atoms with Crippen molar-refractivity contribution < 1.29 is 5.11 Å². The van der Waals surface area contributed by atoms with Gasteiger partial charge in [-0.2, -0.15) is 0 Å². The van der Waals surface area contributed by atoms with Crippen LogP contribution in [-0.4, -0.2) is 29.7 Å². The van der Waals surface area contributed by atoms with Gasteiger partial charge >= 0.3 is 0 Å². The molecule has 4 atom stereocenters. The first-order valence-corrected chi connectivity index (χ1v) is 6.87. The Bertz CT molecular complexity index is 297. The molecule has 0 spiro atoms. The number of fused-ring (bicyclic) bond motifs is 2. The van der Waals surface area contributed by atoms with Gasteiger partial charge in [-0.3, -0.25) is 0 Å². The van der Waals surface area contributed by atoms with E-state index in [9.17, 15) is 0 Å². The van der Waals surface area contributed by atoms with E-state index >= 15 is 0 Å². The summed E-state index contributed by atoms with van der Waals surface area (Å²) >= 11 is 0. The molecule has 1 heterocycles. The first-order chi connectivity index (χ1) is 7.81. The fraction of sp³-hybridized carbons (Fsp3) is 0.857. The summed E-state index contributed by atoms with van der Waals surface area (Å²) in [5.41, 5.74) is 1.58. The zero-order valence-electron chi connectivity index (χ0n) is 10.2. The number of hydrogen-bond acceptors (Lipinski definition) is 2. The van der Waals surface area contributed by atoms with Crippen LogP contribution in [0.4, 0.5) is 0 Å². The van der Waals surface area contributed by atoms with Crippen molar-refractivity contribution in [2.75, 3.05) is 19.7 Å². The lowest BCUT2D eigenvalue weighted by atomic mass is 9.78. The van der Waals surface area contributed by atoms with Gasteiger partial charge < -0.3 is 10.0 Å². The number of rotatable bonds is 3. The number of allylic oxidation sites excluding steroid dienone is 1. The van der Waals surface area contributed by atoms with Crippen LogP contribution >= 0.6 is 0 Å². The van der Waals surface area contributed by atoms with Crippen molar-refractivity contribution in [3.05, 3.63) is 11.8 Å². The molecular weight excluding hydrogens is 198 g/mol. The predicted octanol–water partition coefficient (Wildman–Crippen LogP) is 2.25. The lowest BCUT2D eigenvalue weighted by Gasteiger charge is -2.34. The van der Waals surface area contributed by atoms with E-state index in [0.29, 0.717) is 6.61 Å². The highest BCUT2D eigenvalue weighted by molar-refractivity contribution is 5.17. The van der Waals surface area contributed by atoms with Crippen molar-refractivity contribution in [1.29, 1.82) is 0 Å². The van der Waals surface area contributed by atoms with Gasteiger partial charge in [0.05, 0.1) is 6.61 Å². The summed E-state index contributed by atoms with van der Waals surface area (Å²) in [5.74, 6) is 3.63. The molecule has 90 valence electrons. The van der Waals surface area contributed by atoms with Gasteiger partial charge in [0, 0.05) is 24.7 Å². The molecule has 1 N–H and O–H groups in total. The minimum atomic E-state index is 0.298. The number of hydrogen-bond donors (Lipinski definition) is 1. The fourth-order valence-electron chi connectivity index (χ4n) is 4.42. The van der Waals surface area contributed by atoms with Gasteiger partial charge in [-0.1, -0.05) is 13.0 Å². The van der Waals surface area contributed by atoms with E-state index < -0.39 is 0 Å². The summed E-state index contributed by atoms with van der Waals surface area (Å²) in [6, 6.07) is 0. The molecule has 1 aliphatic heterocycles. The standard InChI is InChI=1S/C14H23NO/c1-10-11-4-5-12(9-11)14(10)13-3-2-6-15(13)7-8-16/h3,10-12,14,16H,2,4-9H2,1H3/t10-,11+,12-,14+/m0/s1. The van der Waals surface area contributed by atoms with Crippen molar-refractivity contribution in [2.45, 2.75) is 32.6 Å². The van der Waals surface area contributed by atoms with Crippen molar-refractivity contribution in [3.8, 4) is 0 Å². The van der Waals surface area contributed by atoms with E-state index in [4.69, 9.17) is 5.11 Å². The Labute approximate surface area is 98.3 Å². The maximum atomic E-state index is 9.12. The number of nitrogens with zero attached hydrogens (tertiary/aromatic N) is 1. The lowest BCUT2D eigenvalue weighted by Crippen LogP contribution is -2.32. The Hall–Kier alpha value is -0.500. The molecule has 2 aliphatic carbocycles. The molecule has 0 aromatic rings. The summed E-state index contributed by atoms with van der Waals surface area (Å²) in [4.78, 5) is 2.43. The predicted molar refractivity (Wildman–Crippen MR) is 64.8 cm³/mol. The van der Waals surface area contributed by atoms with Crippen LogP contribution in [0.15, 0.2) is 11.8 Å². The van der Waals surface area contributed by atoms with Crippen molar-refractivity contribution in [2.24, 2.45) is 23.7 Å². The number of β-amino-alcohol motifs (C(OH)–C–C–N with tert-alkyl or cyclic N) is 1. The highest BCUT2D eigenvalue weighted by atomic mass is 16.3. The summed E-state index contributed by atoms with van der Waals surface area (Å²) in [6.45, 7) is 4.72. The molecule has 0 unspecified atom stereocenters. The molecule has 2 fully saturated rings. The van der Waals surface area contributed by atoms with Crippen molar-refractivity contribution in [3.63, 3.8) is 0 Å². The van der Waals surface area contributed by atoms with E-state index in [1.807, 2.05) is 0 Å².